The molecular formula is C14H18O3. The second-order valence-corrected chi connectivity index (χ2v) is 4.41. The van der Waals surface area contributed by atoms with Gasteiger partial charge in [0.2, 0.25) is 0 Å². The van der Waals surface area contributed by atoms with E-state index in [2.05, 4.69) is 0 Å². The van der Waals surface area contributed by atoms with Crippen LogP contribution in [0.1, 0.15) is 28.8 Å². The first kappa shape index (κ1) is 12.1. The normalized spacial score (nSPS) is 16.8. The fourth-order valence-electron chi connectivity index (χ4n) is 2.27. The molecule has 0 spiro atoms. The van der Waals surface area contributed by atoms with Crippen LogP contribution in [-0.2, 0) is 15.9 Å². The predicted octanol–water partition coefficient (Wildman–Crippen LogP) is 2.44. The van der Waals surface area contributed by atoms with Gasteiger partial charge in [-0.25, -0.2) is 4.79 Å². The Morgan fingerprint density at radius 3 is 2.76 bits per heavy atom. The van der Waals surface area contributed by atoms with Crippen molar-refractivity contribution in [2.75, 3.05) is 20.3 Å². The van der Waals surface area contributed by atoms with Gasteiger partial charge in [-0.1, -0.05) is 18.2 Å². The Balaban J connectivity index is 2.11. The highest BCUT2D eigenvalue weighted by Crippen LogP contribution is 2.22. The summed E-state index contributed by atoms with van der Waals surface area (Å²) in [6.07, 6.45) is 3.10. The molecule has 0 unspecified atom stereocenters. The molecule has 1 aliphatic heterocycles. The summed E-state index contributed by atoms with van der Waals surface area (Å²) in [6, 6.07) is 7.70. The van der Waals surface area contributed by atoms with Crippen molar-refractivity contribution in [2.24, 2.45) is 5.92 Å². The van der Waals surface area contributed by atoms with Gasteiger partial charge in [-0.2, -0.15) is 0 Å². The van der Waals surface area contributed by atoms with E-state index in [-0.39, 0.29) is 5.97 Å². The van der Waals surface area contributed by atoms with E-state index in [4.69, 9.17) is 9.47 Å². The summed E-state index contributed by atoms with van der Waals surface area (Å²) in [4.78, 5) is 11.6. The van der Waals surface area contributed by atoms with E-state index >= 15 is 0 Å². The van der Waals surface area contributed by atoms with Crippen LogP contribution in [-0.4, -0.2) is 26.3 Å². The van der Waals surface area contributed by atoms with Gasteiger partial charge in [0.05, 0.1) is 12.7 Å². The lowest BCUT2D eigenvalue weighted by Crippen LogP contribution is -2.18. The van der Waals surface area contributed by atoms with Crippen molar-refractivity contribution < 1.29 is 14.3 Å². The third-order valence-electron chi connectivity index (χ3n) is 3.27. The van der Waals surface area contributed by atoms with E-state index in [0.29, 0.717) is 11.5 Å². The minimum atomic E-state index is -0.243. The van der Waals surface area contributed by atoms with Gasteiger partial charge in [0.1, 0.15) is 0 Å². The highest BCUT2D eigenvalue weighted by Gasteiger charge is 2.18. The first-order valence-electron chi connectivity index (χ1n) is 6.05. The third-order valence-corrected chi connectivity index (χ3v) is 3.27. The van der Waals surface area contributed by atoms with Gasteiger partial charge in [-0.3, -0.25) is 0 Å². The molecule has 1 aliphatic rings. The number of esters is 1. The Labute approximate surface area is 102 Å². The van der Waals surface area contributed by atoms with Crippen LogP contribution >= 0.6 is 0 Å². The van der Waals surface area contributed by atoms with Gasteiger partial charge in [0, 0.05) is 13.2 Å². The molecule has 3 nitrogen and oxygen atoms in total. The van der Waals surface area contributed by atoms with E-state index in [1.807, 2.05) is 24.3 Å². The van der Waals surface area contributed by atoms with Crippen LogP contribution in [0.3, 0.4) is 0 Å². The van der Waals surface area contributed by atoms with Gasteiger partial charge >= 0.3 is 5.97 Å². The first-order chi connectivity index (χ1) is 8.31. The lowest BCUT2D eigenvalue weighted by Gasteiger charge is -2.22. The number of hydrogen-bond donors (Lipinski definition) is 0. The molecule has 0 N–H and O–H groups in total. The van der Waals surface area contributed by atoms with Crippen LogP contribution in [0.2, 0.25) is 0 Å². The van der Waals surface area contributed by atoms with Crippen molar-refractivity contribution >= 4 is 5.97 Å². The lowest BCUT2D eigenvalue weighted by molar-refractivity contribution is 0.0594. The number of benzene rings is 1. The highest BCUT2D eigenvalue weighted by atomic mass is 16.5. The van der Waals surface area contributed by atoms with E-state index < -0.39 is 0 Å². The number of hydrogen-bond acceptors (Lipinski definition) is 3. The zero-order valence-corrected chi connectivity index (χ0v) is 10.1. The average Bonchev–Trinajstić information content (AvgIpc) is 2.40. The van der Waals surface area contributed by atoms with E-state index in [1.165, 1.54) is 7.11 Å². The van der Waals surface area contributed by atoms with Gasteiger partial charge in [0.15, 0.2) is 0 Å². The van der Waals surface area contributed by atoms with Crippen molar-refractivity contribution in [3.8, 4) is 0 Å². The number of carbonyl (C=O) groups is 1. The van der Waals surface area contributed by atoms with Gasteiger partial charge < -0.3 is 9.47 Å². The van der Waals surface area contributed by atoms with E-state index in [9.17, 15) is 4.79 Å². The standard InChI is InChI=1S/C14H18O3/c1-16-14(15)13-5-3-2-4-12(13)10-11-6-8-17-9-7-11/h2-5,11H,6-10H2,1H3. The van der Waals surface area contributed by atoms with Crippen molar-refractivity contribution in [1.29, 1.82) is 0 Å². The largest absolute Gasteiger partial charge is 0.465 e. The first-order valence-corrected chi connectivity index (χ1v) is 6.05. The topological polar surface area (TPSA) is 35.5 Å². The van der Waals surface area contributed by atoms with Gasteiger partial charge in [-0.15, -0.1) is 0 Å². The monoisotopic (exact) mass is 234 g/mol. The number of carbonyl (C=O) groups excluding carboxylic acids is 1. The van der Waals surface area contributed by atoms with Crippen LogP contribution in [0.5, 0.6) is 0 Å². The van der Waals surface area contributed by atoms with Crippen LogP contribution in [0.25, 0.3) is 0 Å². The molecule has 1 saturated heterocycles. The number of ether oxygens (including phenoxy) is 2. The van der Waals surface area contributed by atoms with Crippen LogP contribution in [0, 0.1) is 5.92 Å². The molecule has 3 heteroatoms. The molecule has 92 valence electrons. The molecule has 0 saturated carbocycles. The maximum absolute atomic E-state index is 11.6. The molecule has 0 amide bonds. The molecule has 17 heavy (non-hydrogen) atoms. The van der Waals surface area contributed by atoms with Crippen molar-refractivity contribution in [3.05, 3.63) is 35.4 Å². The predicted molar refractivity (Wildman–Crippen MR) is 65.0 cm³/mol. The molecule has 1 aromatic rings. The quantitative estimate of drug-likeness (QED) is 0.753. The fourth-order valence-corrected chi connectivity index (χ4v) is 2.27. The molecular weight excluding hydrogens is 216 g/mol. The molecule has 0 aromatic heterocycles. The van der Waals surface area contributed by atoms with Crippen molar-refractivity contribution in [2.45, 2.75) is 19.3 Å². The zero-order valence-electron chi connectivity index (χ0n) is 10.1. The summed E-state index contributed by atoms with van der Waals surface area (Å²) in [5.41, 5.74) is 1.78. The second-order valence-electron chi connectivity index (χ2n) is 4.41. The Bertz CT molecular complexity index is 381. The molecule has 1 fully saturated rings. The lowest BCUT2D eigenvalue weighted by atomic mass is 9.90. The number of methoxy groups -OCH3 is 1. The van der Waals surface area contributed by atoms with E-state index in [0.717, 1.165) is 38.0 Å². The molecule has 1 heterocycles. The highest BCUT2D eigenvalue weighted by molar-refractivity contribution is 5.90. The Kier molecular flexibility index (Phi) is 4.15. The van der Waals surface area contributed by atoms with E-state index in [1.54, 1.807) is 0 Å². The SMILES string of the molecule is COC(=O)c1ccccc1CC1CCOCC1. The van der Waals surface area contributed by atoms with Crippen LogP contribution in [0.15, 0.2) is 24.3 Å². The third kappa shape index (κ3) is 3.07. The number of rotatable bonds is 3. The molecule has 2 rings (SSSR count). The average molecular weight is 234 g/mol. The summed E-state index contributed by atoms with van der Waals surface area (Å²) < 4.78 is 10.1. The summed E-state index contributed by atoms with van der Waals surface area (Å²) in [5, 5.41) is 0. The fraction of sp³-hybridized carbons (Fsp3) is 0.500. The summed E-state index contributed by atoms with van der Waals surface area (Å²) >= 11 is 0. The Hall–Kier alpha value is -1.35. The van der Waals surface area contributed by atoms with Crippen LogP contribution < -0.4 is 0 Å². The minimum absolute atomic E-state index is 0.243. The Morgan fingerprint density at radius 1 is 1.35 bits per heavy atom. The summed E-state index contributed by atoms with van der Waals surface area (Å²) in [7, 11) is 1.42. The zero-order chi connectivity index (χ0) is 12.1. The minimum Gasteiger partial charge on any atom is -0.465 e. The van der Waals surface area contributed by atoms with Gasteiger partial charge in [0.25, 0.3) is 0 Å². The molecule has 0 atom stereocenters. The van der Waals surface area contributed by atoms with Crippen LogP contribution in [0.4, 0.5) is 0 Å². The second kappa shape index (κ2) is 5.82. The van der Waals surface area contributed by atoms with Gasteiger partial charge in [-0.05, 0) is 36.8 Å². The molecule has 1 aromatic carbocycles. The maximum atomic E-state index is 11.6. The van der Waals surface area contributed by atoms with Crippen molar-refractivity contribution in [1.82, 2.24) is 0 Å². The summed E-state index contributed by atoms with van der Waals surface area (Å²) in [6.45, 7) is 1.68. The smallest absolute Gasteiger partial charge is 0.338 e. The molecule has 0 radical (unpaired) electrons. The Morgan fingerprint density at radius 2 is 2.06 bits per heavy atom. The maximum Gasteiger partial charge on any atom is 0.338 e. The molecule has 0 aliphatic carbocycles. The molecule has 0 bridgehead atoms. The van der Waals surface area contributed by atoms with Crippen molar-refractivity contribution in [3.63, 3.8) is 0 Å². The summed E-state index contributed by atoms with van der Waals surface area (Å²) in [5.74, 6) is 0.377.